The van der Waals surface area contributed by atoms with E-state index in [0.29, 0.717) is 36.3 Å². The van der Waals surface area contributed by atoms with Crippen molar-refractivity contribution in [2.45, 2.75) is 57.1 Å². The molecule has 0 aliphatic carbocycles. The van der Waals surface area contributed by atoms with Crippen molar-refractivity contribution in [2.75, 3.05) is 24.1 Å². The van der Waals surface area contributed by atoms with E-state index in [1.165, 1.54) is 0 Å². The van der Waals surface area contributed by atoms with Gasteiger partial charge in [0, 0.05) is 16.0 Å². The van der Waals surface area contributed by atoms with Crippen molar-refractivity contribution in [3.63, 3.8) is 0 Å². The van der Waals surface area contributed by atoms with Crippen molar-refractivity contribution in [1.29, 1.82) is 0 Å². The molecule has 0 spiro atoms. The summed E-state index contributed by atoms with van der Waals surface area (Å²) in [6.07, 6.45) is 3.74. The highest BCUT2D eigenvalue weighted by atomic mass is 127. The minimum absolute atomic E-state index is 0.304. The minimum Gasteiger partial charge on any atom is -0.348 e. The SMILES string of the molecule is Cc1ccc(S(=O)(=O)N(CCCCCC(C)C2(C)OCCO2)c2ccc(I)cc2)cc1. The molecule has 1 heterocycles. The van der Waals surface area contributed by atoms with Gasteiger partial charge in [0.2, 0.25) is 0 Å². The Morgan fingerprint density at radius 3 is 2.23 bits per heavy atom. The summed E-state index contributed by atoms with van der Waals surface area (Å²) in [6, 6.07) is 14.7. The first-order valence-electron chi connectivity index (χ1n) is 10.9. The van der Waals surface area contributed by atoms with Gasteiger partial charge < -0.3 is 9.47 Å². The average Bonchev–Trinajstić information content (AvgIpc) is 3.19. The van der Waals surface area contributed by atoms with Crippen LogP contribution in [0.2, 0.25) is 0 Å². The maximum absolute atomic E-state index is 13.4. The maximum atomic E-state index is 13.4. The van der Waals surface area contributed by atoms with E-state index in [4.69, 9.17) is 9.47 Å². The summed E-state index contributed by atoms with van der Waals surface area (Å²) in [6.45, 7) is 7.89. The fourth-order valence-electron chi connectivity index (χ4n) is 3.79. The molecule has 2 aromatic carbocycles. The fourth-order valence-corrected chi connectivity index (χ4v) is 5.66. The summed E-state index contributed by atoms with van der Waals surface area (Å²) >= 11 is 2.23. The van der Waals surface area contributed by atoms with E-state index in [1.807, 2.05) is 50.2 Å². The van der Waals surface area contributed by atoms with E-state index >= 15 is 0 Å². The Kier molecular flexibility index (Phi) is 8.40. The summed E-state index contributed by atoms with van der Waals surface area (Å²) < 4.78 is 40.9. The average molecular weight is 557 g/mol. The van der Waals surface area contributed by atoms with Gasteiger partial charge in [-0.05, 0) is 85.7 Å². The zero-order valence-corrected chi connectivity index (χ0v) is 21.5. The molecule has 5 nitrogen and oxygen atoms in total. The molecule has 1 saturated heterocycles. The second kappa shape index (κ2) is 10.6. The molecule has 31 heavy (non-hydrogen) atoms. The molecule has 1 atom stereocenters. The van der Waals surface area contributed by atoms with Crippen LogP contribution < -0.4 is 4.31 Å². The monoisotopic (exact) mass is 557 g/mol. The van der Waals surface area contributed by atoms with E-state index in [2.05, 4.69) is 29.5 Å². The lowest BCUT2D eigenvalue weighted by Gasteiger charge is -2.29. The lowest BCUT2D eigenvalue weighted by atomic mass is 9.95. The first kappa shape index (κ1) is 24.5. The van der Waals surface area contributed by atoms with Gasteiger partial charge in [-0.2, -0.15) is 0 Å². The Hall–Kier alpha value is -1.16. The number of rotatable bonds is 10. The molecule has 7 heteroatoms. The molecule has 1 unspecified atom stereocenters. The molecule has 2 aromatic rings. The molecule has 1 fully saturated rings. The number of nitrogens with zero attached hydrogens (tertiary/aromatic N) is 1. The Labute approximate surface area is 200 Å². The number of halogens is 1. The van der Waals surface area contributed by atoms with Gasteiger partial charge in [-0.1, -0.05) is 37.5 Å². The number of unbranched alkanes of at least 4 members (excludes halogenated alkanes) is 2. The molecule has 0 radical (unpaired) electrons. The number of aryl methyl sites for hydroxylation is 1. The van der Waals surface area contributed by atoms with Crippen LogP contribution in [0.3, 0.4) is 0 Å². The maximum Gasteiger partial charge on any atom is 0.264 e. The lowest BCUT2D eigenvalue weighted by Crippen LogP contribution is -2.34. The van der Waals surface area contributed by atoms with E-state index < -0.39 is 15.8 Å². The number of hydrogen-bond acceptors (Lipinski definition) is 4. The van der Waals surface area contributed by atoms with Crippen LogP contribution in [0.25, 0.3) is 0 Å². The summed E-state index contributed by atoms with van der Waals surface area (Å²) in [5, 5.41) is 0. The molecular formula is C24H32INO4S. The molecule has 170 valence electrons. The second-order valence-electron chi connectivity index (χ2n) is 8.33. The van der Waals surface area contributed by atoms with Crippen molar-refractivity contribution in [3.05, 3.63) is 57.7 Å². The molecule has 3 rings (SSSR count). The third-order valence-electron chi connectivity index (χ3n) is 5.98. The molecule has 1 aliphatic heterocycles. The van der Waals surface area contributed by atoms with Crippen LogP contribution in [0.4, 0.5) is 5.69 Å². The molecule has 0 N–H and O–H groups in total. The highest BCUT2D eigenvalue weighted by Gasteiger charge is 2.36. The quantitative estimate of drug-likeness (QED) is 0.276. The number of anilines is 1. The van der Waals surface area contributed by atoms with Crippen LogP contribution in [0.5, 0.6) is 0 Å². The first-order chi connectivity index (χ1) is 14.7. The van der Waals surface area contributed by atoms with Crippen molar-refractivity contribution in [3.8, 4) is 0 Å². The number of benzene rings is 2. The van der Waals surface area contributed by atoms with Crippen molar-refractivity contribution in [1.82, 2.24) is 0 Å². The van der Waals surface area contributed by atoms with Crippen LogP contribution in [0, 0.1) is 16.4 Å². The van der Waals surface area contributed by atoms with E-state index in [1.54, 1.807) is 16.4 Å². The fraction of sp³-hybridized carbons (Fsp3) is 0.500. The van der Waals surface area contributed by atoms with E-state index in [0.717, 1.165) is 34.8 Å². The molecule has 0 amide bonds. The van der Waals surface area contributed by atoms with Crippen molar-refractivity contribution < 1.29 is 17.9 Å². The van der Waals surface area contributed by atoms with Gasteiger partial charge in [0.15, 0.2) is 5.79 Å². The van der Waals surface area contributed by atoms with Crippen LogP contribution in [-0.2, 0) is 19.5 Å². The van der Waals surface area contributed by atoms with Crippen LogP contribution in [0.1, 0.15) is 45.1 Å². The zero-order chi connectivity index (χ0) is 22.5. The van der Waals surface area contributed by atoms with Crippen molar-refractivity contribution >= 4 is 38.3 Å². The summed E-state index contributed by atoms with van der Waals surface area (Å²) in [4.78, 5) is 0.328. The Bertz CT molecular complexity index is 939. The standard InChI is InChI=1S/C24H32INO4S/c1-19-8-14-23(15-9-19)31(27,28)26(22-12-10-21(25)11-13-22)16-6-4-5-7-20(2)24(3)29-17-18-30-24/h8-15,20H,4-7,16-18H2,1-3H3. The third kappa shape index (κ3) is 6.21. The highest BCUT2D eigenvalue weighted by molar-refractivity contribution is 14.1. The molecule has 0 aromatic heterocycles. The Morgan fingerprint density at radius 1 is 1.00 bits per heavy atom. The predicted octanol–water partition coefficient (Wildman–Crippen LogP) is 5.75. The minimum atomic E-state index is -3.62. The smallest absolute Gasteiger partial charge is 0.264 e. The second-order valence-corrected chi connectivity index (χ2v) is 11.4. The molecule has 0 bridgehead atoms. The third-order valence-corrected chi connectivity index (χ3v) is 8.54. The van der Waals surface area contributed by atoms with Gasteiger partial charge in [0.25, 0.3) is 10.0 Å². The summed E-state index contributed by atoms with van der Waals surface area (Å²) in [5.41, 5.74) is 1.74. The van der Waals surface area contributed by atoms with Gasteiger partial charge in [-0.15, -0.1) is 0 Å². The normalized spacial score (nSPS) is 16.9. The Morgan fingerprint density at radius 2 is 1.61 bits per heavy atom. The van der Waals surface area contributed by atoms with E-state index in [-0.39, 0.29) is 0 Å². The van der Waals surface area contributed by atoms with Crippen LogP contribution in [0.15, 0.2) is 53.4 Å². The largest absolute Gasteiger partial charge is 0.348 e. The lowest BCUT2D eigenvalue weighted by molar-refractivity contribution is -0.178. The van der Waals surface area contributed by atoms with Gasteiger partial charge in [0.1, 0.15) is 0 Å². The molecule has 1 aliphatic rings. The van der Waals surface area contributed by atoms with Gasteiger partial charge in [-0.25, -0.2) is 8.42 Å². The molecular weight excluding hydrogens is 525 g/mol. The number of sulfonamides is 1. The van der Waals surface area contributed by atoms with Gasteiger partial charge in [0.05, 0.1) is 23.8 Å². The topological polar surface area (TPSA) is 55.8 Å². The Balaban J connectivity index is 1.65. The van der Waals surface area contributed by atoms with Gasteiger partial charge >= 0.3 is 0 Å². The summed E-state index contributed by atoms with van der Waals surface area (Å²) in [7, 11) is -3.62. The first-order valence-corrected chi connectivity index (χ1v) is 13.4. The molecule has 0 saturated carbocycles. The van der Waals surface area contributed by atoms with Crippen LogP contribution >= 0.6 is 22.6 Å². The van der Waals surface area contributed by atoms with Crippen molar-refractivity contribution in [2.24, 2.45) is 5.92 Å². The van der Waals surface area contributed by atoms with E-state index in [9.17, 15) is 8.42 Å². The number of ether oxygens (including phenoxy) is 2. The zero-order valence-electron chi connectivity index (χ0n) is 18.5. The highest BCUT2D eigenvalue weighted by Crippen LogP contribution is 2.31. The predicted molar refractivity (Wildman–Crippen MR) is 133 cm³/mol. The number of hydrogen-bond donors (Lipinski definition) is 0. The van der Waals surface area contributed by atoms with Gasteiger partial charge in [-0.3, -0.25) is 4.31 Å². The van der Waals surface area contributed by atoms with Crippen LogP contribution in [-0.4, -0.2) is 34.0 Å². The summed E-state index contributed by atoms with van der Waals surface area (Å²) in [5.74, 6) is -0.180.